The molecule has 0 aliphatic carbocycles. The zero-order valence-corrected chi connectivity index (χ0v) is 8.09. The molecule has 1 aromatic heterocycles. The summed E-state index contributed by atoms with van der Waals surface area (Å²) in [5.41, 5.74) is 6.00. The van der Waals surface area contributed by atoms with Crippen LogP contribution < -0.4 is 11.1 Å². The fourth-order valence-electron chi connectivity index (χ4n) is 0.955. The molecule has 0 unspecified atom stereocenters. The Labute approximate surface area is 87.0 Å². The van der Waals surface area contributed by atoms with Gasteiger partial charge in [-0.25, -0.2) is 0 Å². The van der Waals surface area contributed by atoms with Crippen LogP contribution in [0.25, 0.3) is 0 Å². The fraction of sp³-hybridized carbons (Fsp3) is 0.222. The second-order valence-corrected chi connectivity index (χ2v) is 2.75. The molecule has 1 aromatic rings. The van der Waals surface area contributed by atoms with Gasteiger partial charge in [-0.2, -0.15) is 0 Å². The quantitative estimate of drug-likeness (QED) is 0.426. The molecule has 0 saturated carbocycles. The van der Waals surface area contributed by atoms with Crippen LogP contribution in [0.2, 0.25) is 0 Å². The van der Waals surface area contributed by atoms with Crippen LogP contribution in [0.1, 0.15) is 0 Å². The van der Waals surface area contributed by atoms with Crippen molar-refractivity contribution in [1.29, 1.82) is 0 Å². The van der Waals surface area contributed by atoms with Gasteiger partial charge >= 0.3 is 5.82 Å². The molecule has 6 heteroatoms. The number of hydrogen-bond donors (Lipinski definition) is 2. The first-order valence-electron chi connectivity index (χ1n) is 4.43. The monoisotopic (exact) mass is 208 g/mol. The van der Waals surface area contributed by atoms with E-state index in [0.717, 1.165) is 5.69 Å². The van der Waals surface area contributed by atoms with E-state index >= 15 is 0 Å². The Morgan fingerprint density at radius 2 is 2.33 bits per heavy atom. The Bertz CT molecular complexity index is 348. The number of pyridine rings is 1. The van der Waals surface area contributed by atoms with Gasteiger partial charge in [-0.1, -0.05) is 12.2 Å². The van der Waals surface area contributed by atoms with Crippen molar-refractivity contribution in [2.24, 2.45) is 5.73 Å². The molecule has 0 spiro atoms. The largest absolute Gasteiger partial charge is 0.379 e. The molecule has 1 rings (SSSR count). The van der Waals surface area contributed by atoms with E-state index < -0.39 is 4.92 Å². The SMILES string of the molecule is NC/C=C/CNc1ccc([N+](=O)[O-])nc1. The lowest BCUT2D eigenvalue weighted by atomic mass is 10.4. The highest BCUT2D eigenvalue weighted by Crippen LogP contribution is 2.10. The molecule has 0 saturated heterocycles. The summed E-state index contributed by atoms with van der Waals surface area (Å²) in [6, 6.07) is 2.97. The number of nitrogens with two attached hydrogens (primary N) is 1. The van der Waals surface area contributed by atoms with Crippen molar-refractivity contribution in [1.82, 2.24) is 4.98 Å². The van der Waals surface area contributed by atoms with E-state index in [1.165, 1.54) is 12.3 Å². The molecular weight excluding hydrogens is 196 g/mol. The summed E-state index contributed by atoms with van der Waals surface area (Å²) in [6.45, 7) is 1.12. The molecule has 0 bridgehead atoms. The number of aromatic nitrogens is 1. The summed E-state index contributed by atoms with van der Waals surface area (Å²) >= 11 is 0. The predicted octanol–water partition coefficient (Wildman–Crippen LogP) is 0.917. The van der Waals surface area contributed by atoms with Gasteiger partial charge in [0.25, 0.3) is 0 Å². The Morgan fingerprint density at radius 1 is 1.53 bits per heavy atom. The molecule has 0 aromatic carbocycles. The second-order valence-electron chi connectivity index (χ2n) is 2.75. The molecule has 80 valence electrons. The third kappa shape index (κ3) is 3.74. The van der Waals surface area contributed by atoms with Crippen molar-refractivity contribution >= 4 is 11.5 Å². The maximum absolute atomic E-state index is 10.3. The van der Waals surface area contributed by atoms with E-state index in [0.29, 0.717) is 13.1 Å². The van der Waals surface area contributed by atoms with Gasteiger partial charge in [0.05, 0.1) is 5.69 Å². The highest BCUT2D eigenvalue weighted by molar-refractivity contribution is 5.43. The normalized spacial score (nSPS) is 10.5. The van der Waals surface area contributed by atoms with E-state index in [2.05, 4.69) is 10.3 Å². The number of nitrogens with zero attached hydrogens (tertiary/aromatic N) is 2. The molecule has 0 aliphatic rings. The topological polar surface area (TPSA) is 94.1 Å². The number of rotatable bonds is 5. The third-order valence-electron chi connectivity index (χ3n) is 1.66. The molecule has 0 atom stereocenters. The highest BCUT2D eigenvalue weighted by Gasteiger charge is 2.04. The van der Waals surface area contributed by atoms with Crippen molar-refractivity contribution < 1.29 is 4.92 Å². The van der Waals surface area contributed by atoms with Crippen molar-refractivity contribution in [2.75, 3.05) is 18.4 Å². The van der Waals surface area contributed by atoms with Gasteiger partial charge in [-0.3, -0.25) is 0 Å². The van der Waals surface area contributed by atoms with E-state index in [-0.39, 0.29) is 5.82 Å². The van der Waals surface area contributed by atoms with E-state index in [4.69, 9.17) is 5.73 Å². The van der Waals surface area contributed by atoms with Crippen LogP contribution in [0, 0.1) is 10.1 Å². The predicted molar refractivity (Wildman–Crippen MR) is 57.6 cm³/mol. The maximum Gasteiger partial charge on any atom is 0.363 e. The standard InChI is InChI=1S/C9H12N4O2/c10-5-1-2-6-11-8-3-4-9(12-7-8)13(14)15/h1-4,7,11H,5-6,10H2/b2-1+. The van der Waals surface area contributed by atoms with E-state index in [9.17, 15) is 10.1 Å². The molecule has 15 heavy (non-hydrogen) atoms. The molecule has 0 aliphatic heterocycles. The lowest BCUT2D eigenvalue weighted by Gasteiger charge is -1.99. The van der Waals surface area contributed by atoms with Gasteiger partial charge in [0, 0.05) is 19.2 Å². The molecule has 0 radical (unpaired) electrons. The van der Waals surface area contributed by atoms with Crippen molar-refractivity contribution in [3.8, 4) is 0 Å². The minimum Gasteiger partial charge on any atom is -0.379 e. The van der Waals surface area contributed by atoms with Crippen LogP contribution >= 0.6 is 0 Å². The maximum atomic E-state index is 10.3. The van der Waals surface area contributed by atoms with Crippen molar-refractivity contribution in [2.45, 2.75) is 0 Å². The van der Waals surface area contributed by atoms with Crippen LogP contribution in [0.15, 0.2) is 30.5 Å². The van der Waals surface area contributed by atoms with Gasteiger partial charge in [-0.15, -0.1) is 0 Å². The molecule has 6 nitrogen and oxygen atoms in total. The molecular formula is C9H12N4O2. The lowest BCUT2D eigenvalue weighted by Crippen LogP contribution is -2.01. The smallest absolute Gasteiger partial charge is 0.363 e. The molecule has 1 heterocycles. The first-order chi connectivity index (χ1) is 7.24. The van der Waals surface area contributed by atoms with E-state index in [1.54, 1.807) is 6.07 Å². The Hall–Kier alpha value is -1.95. The summed E-state index contributed by atoms with van der Waals surface area (Å²) in [7, 11) is 0. The van der Waals surface area contributed by atoms with Crippen LogP contribution in [-0.2, 0) is 0 Å². The Balaban J connectivity index is 2.50. The lowest BCUT2D eigenvalue weighted by molar-refractivity contribution is -0.389. The number of anilines is 1. The summed E-state index contributed by atoms with van der Waals surface area (Å²) in [5.74, 6) is -0.155. The number of hydrogen-bond acceptors (Lipinski definition) is 5. The Morgan fingerprint density at radius 3 is 2.87 bits per heavy atom. The average Bonchev–Trinajstić information content (AvgIpc) is 2.25. The minimum absolute atomic E-state index is 0.155. The zero-order chi connectivity index (χ0) is 11.1. The van der Waals surface area contributed by atoms with Crippen molar-refractivity contribution in [3.63, 3.8) is 0 Å². The van der Waals surface area contributed by atoms with Crippen LogP contribution in [0.4, 0.5) is 11.5 Å². The number of nitro groups is 1. The van der Waals surface area contributed by atoms with Gasteiger partial charge in [-0.05, 0) is 16.0 Å². The van der Waals surface area contributed by atoms with Crippen molar-refractivity contribution in [3.05, 3.63) is 40.6 Å². The molecule has 0 fully saturated rings. The minimum atomic E-state index is -0.530. The van der Waals surface area contributed by atoms with E-state index in [1.807, 2.05) is 12.2 Å². The summed E-state index contributed by atoms with van der Waals surface area (Å²) in [6.07, 6.45) is 5.13. The van der Waals surface area contributed by atoms with Crippen LogP contribution in [0.3, 0.4) is 0 Å². The third-order valence-corrected chi connectivity index (χ3v) is 1.66. The summed E-state index contributed by atoms with van der Waals surface area (Å²) in [4.78, 5) is 13.4. The first-order valence-corrected chi connectivity index (χ1v) is 4.43. The molecule has 3 N–H and O–H groups in total. The van der Waals surface area contributed by atoms with Gasteiger partial charge in [0.15, 0.2) is 6.20 Å². The second kappa shape index (κ2) is 5.71. The van der Waals surface area contributed by atoms with Gasteiger partial charge in [0.2, 0.25) is 0 Å². The van der Waals surface area contributed by atoms with Gasteiger partial charge in [0.1, 0.15) is 0 Å². The fourth-order valence-corrected chi connectivity index (χ4v) is 0.955. The summed E-state index contributed by atoms with van der Waals surface area (Å²) < 4.78 is 0. The molecule has 0 amide bonds. The van der Waals surface area contributed by atoms with Crippen LogP contribution in [-0.4, -0.2) is 23.0 Å². The summed E-state index contributed by atoms with van der Waals surface area (Å²) in [5, 5.41) is 13.3. The first kappa shape index (κ1) is 11.1. The van der Waals surface area contributed by atoms with Gasteiger partial charge < -0.3 is 21.2 Å². The zero-order valence-electron chi connectivity index (χ0n) is 8.09. The Kier molecular flexibility index (Phi) is 4.24. The average molecular weight is 208 g/mol. The number of nitrogens with one attached hydrogen (secondary N) is 1. The van der Waals surface area contributed by atoms with Crippen LogP contribution in [0.5, 0.6) is 0 Å². The highest BCUT2D eigenvalue weighted by atomic mass is 16.6.